The molecule has 2 rings (SSSR count). The summed E-state index contributed by atoms with van der Waals surface area (Å²) in [7, 11) is 1.60. The number of pyridine rings is 1. The van der Waals surface area contributed by atoms with E-state index in [1.165, 1.54) is 6.20 Å². The number of benzene rings is 1. The molecule has 0 N–H and O–H groups in total. The van der Waals surface area contributed by atoms with Crippen molar-refractivity contribution in [3.8, 4) is 5.75 Å². The fourth-order valence-electron chi connectivity index (χ4n) is 1.64. The Morgan fingerprint density at radius 3 is 2.74 bits per heavy atom. The number of Topliss-reactive ketones (excluding diaryl/α,β-unsaturated/α-hetero) is 1. The minimum absolute atomic E-state index is 0.0475. The Balaban J connectivity index is 2.14. The number of hydrogen-bond donors (Lipinski definition) is 0. The van der Waals surface area contributed by atoms with Crippen LogP contribution in [-0.2, 0) is 6.42 Å². The molecule has 0 atom stereocenters. The number of carbonyl (C=O) groups excluding carboxylic acids is 1. The van der Waals surface area contributed by atoms with Gasteiger partial charge < -0.3 is 4.74 Å². The average Bonchev–Trinajstić information content (AvgIpc) is 2.39. The van der Waals surface area contributed by atoms with Gasteiger partial charge in [-0.15, -0.1) is 0 Å². The van der Waals surface area contributed by atoms with E-state index in [0.717, 1.165) is 15.8 Å². The van der Waals surface area contributed by atoms with E-state index in [1.807, 2.05) is 18.2 Å². The minimum Gasteiger partial charge on any atom is -0.496 e. The molecule has 0 fully saturated rings. The third kappa shape index (κ3) is 3.55. The van der Waals surface area contributed by atoms with Crippen molar-refractivity contribution >= 4 is 33.3 Å². The van der Waals surface area contributed by atoms with E-state index in [0.29, 0.717) is 10.7 Å². The third-order valence-corrected chi connectivity index (χ3v) is 3.44. The second-order valence-electron chi connectivity index (χ2n) is 3.93. The maximum Gasteiger partial charge on any atom is 0.185 e. The second-order valence-corrected chi connectivity index (χ2v) is 5.22. The van der Waals surface area contributed by atoms with E-state index < -0.39 is 0 Å². The quantitative estimate of drug-likeness (QED) is 0.792. The van der Waals surface area contributed by atoms with Gasteiger partial charge in [-0.25, -0.2) is 0 Å². The van der Waals surface area contributed by atoms with Crippen LogP contribution in [0.3, 0.4) is 0 Å². The smallest absolute Gasteiger partial charge is 0.185 e. The van der Waals surface area contributed by atoms with E-state index in [-0.39, 0.29) is 12.2 Å². The lowest BCUT2D eigenvalue weighted by molar-refractivity contribution is 0.0988. The maximum absolute atomic E-state index is 12.0. The van der Waals surface area contributed by atoms with E-state index >= 15 is 0 Å². The van der Waals surface area contributed by atoms with Gasteiger partial charge in [0, 0.05) is 12.6 Å². The molecule has 0 aliphatic carbocycles. The molecule has 5 heteroatoms. The summed E-state index contributed by atoms with van der Waals surface area (Å²) in [6, 6.07) is 8.83. The molecule has 0 aliphatic heterocycles. The Labute approximate surface area is 124 Å². The predicted octanol–water partition coefficient (Wildman–Crippen LogP) is 3.93. The summed E-state index contributed by atoms with van der Waals surface area (Å²) in [5.74, 6) is 0.689. The summed E-state index contributed by atoms with van der Waals surface area (Å²) in [5, 5.41) is 0.517. The molecule has 1 heterocycles. The van der Waals surface area contributed by atoms with Gasteiger partial charge in [-0.1, -0.05) is 17.7 Å². The molecular weight excluding hydrogens is 330 g/mol. The molecule has 0 saturated carbocycles. The summed E-state index contributed by atoms with van der Waals surface area (Å²) in [5.41, 5.74) is 1.31. The normalized spacial score (nSPS) is 10.3. The van der Waals surface area contributed by atoms with E-state index in [2.05, 4.69) is 20.9 Å². The molecule has 0 spiro atoms. The molecule has 1 aromatic carbocycles. The lowest BCUT2D eigenvalue weighted by Crippen LogP contribution is -2.05. The van der Waals surface area contributed by atoms with Crippen molar-refractivity contribution in [1.29, 1.82) is 0 Å². The topological polar surface area (TPSA) is 39.2 Å². The van der Waals surface area contributed by atoms with Crippen LogP contribution in [0.1, 0.15) is 16.1 Å². The van der Waals surface area contributed by atoms with Crippen molar-refractivity contribution in [2.45, 2.75) is 6.42 Å². The summed E-state index contributed by atoms with van der Waals surface area (Å²) >= 11 is 9.13. The Morgan fingerprint density at radius 1 is 1.37 bits per heavy atom. The van der Waals surface area contributed by atoms with Gasteiger partial charge in [0.2, 0.25) is 0 Å². The summed E-state index contributed by atoms with van der Waals surface area (Å²) < 4.78 is 5.97. The number of carbonyl (C=O) groups is 1. The Morgan fingerprint density at radius 2 is 2.16 bits per heavy atom. The number of methoxy groups -OCH3 is 1. The van der Waals surface area contributed by atoms with Gasteiger partial charge in [-0.3, -0.25) is 9.78 Å². The lowest BCUT2D eigenvalue weighted by Gasteiger charge is -2.06. The highest BCUT2D eigenvalue weighted by molar-refractivity contribution is 9.10. The van der Waals surface area contributed by atoms with Crippen LogP contribution < -0.4 is 4.74 Å². The molecule has 98 valence electrons. The number of ketones is 1. The first-order valence-corrected chi connectivity index (χ1v) is 6.74. The highest BCUT2D eigenvalue weighted by Crippen LogP contribution is 2.26. The average molecular weight is 341 g/mol. The van der Waals surface area contributed by atoms with E-state index in [9.17, 15) is 4.79 Å². The largest absolute Gasteiger partial charge is 0.496 e. The van der Waals surface area contributed by atoms with Crippen molar-refractivity contribution in [3.05, 3.63) is 57.3 Å². The fraction of sp³-hybridized carbons (Fsp3) is 0.143. The Kier molecular flexibility index (Phi) is 4.56. The van der Waals surface area contributed by atoms with Gasteiger partial charge in [0.05, 0.1) is 16.6 Å². The monoisotopic (exact) mass is 339 g/mol. The summed E-state index contributed by atoms with van der Waals surface area (Å²) in [6.45, 7) is 0. The van der Waals surface area contributed by atoms with Crippen molar-refractivity contribution < 1.29 is 9.53 Å². The molecule has 3 nitrogen and oxygen atoms in total. The standard InChI is InChI=1S/C14H11BrClNO2/c1-19-14-5-2-9(6-11(14)15)7-13(18)12-4-3-10(16)8-17-12/h2-6,8H,7H2,1H3. The van der Waals surface area contributed by atoms with Crippen molar-refractivity contribution in [3.63, 3.8) is 0 Å². The number of nitrogens with zero attached hydrogens (tertiary/aromatic N) is 1. The highest BCUT2D eigenvalue weighted by Gasteiger charge is 2.10. The van der Waals surface area contributed by atoms with Crippen molar-refractivity contribution in [2.24, 2.45) is 0 Å². The Bertz CT molecular complexity index is 599. The van der Waals surface area contributed by atoms with Crippen LogP contribution in [0.5, 0.6) is 5.75 Å². The highest BCUT2D eigenvalue weighted by atomic mass is 79.9. The molecule has 0 aliphatic rings. The molecule has 0 bridgehead atoms. The number of rotatable bonds is 4. The molecular formula is C14H11BrClNO2. The zero-order valence-electron chi connectivity index (χ0n) is 10.2. The predicted molar refractivity (Wildman–Crippen MR) is 78.0 cm³/mol. The van der Waals surface area contributed by atoms with Crippen molar-refractivity contribution in [2.75, 3.05) is 7.11 Å². The zero-order chi connectivity index (χ0) is 13.8. The van der Waals surface area contributed by atoms with Gasteiger partial charge >= 0.3 is 0 Å². The first-order chi connectivity index (χ1) is 9.10. The van der Waals surface area contributed by atoms with Crippen LogP contribution in [0.4, 0.5) is 0 Å². The number of halogens is 2. The van der Waals surface area contributed by atoms with Crippen LogP contribution in [0, 0.1) is 0 Å². The van der Waals surface area contributed by atoms with E-state index in [1.54, 1.807) is 19.2 Å². The molecule has 0 unspecified atom stereocenters. The molecule has 1 aromatic heterocycles. The van der Waals surface area contributed by atoms with Gasteiger partial charge in [0.15, 0.2) is 5.78 Å². The third-order valence-electron chi connectivity index (χ3n) is 2.59. The van der Waals surface area contributed by atoms with Gasteiger partial charge in [0.25, 0.3) is 0 Å². The molecule has 19 heavy (non-hydrogen) atoms. The summed E-state index contributed by atoms with van der Waals surface area (Å²) in [4.78, 5) is 16.1. The molecule has 0 amide bonds. The van der Waals surface area contributed by atoms with Crippen LogP contribution in [-0.4, -0.2) is 17.9 Å². The molecule has 0 radical (unpaired) electrons. The maximum atomic E-state index is 12.0. The second kappa shape index (κ2) is 6.17. The van der Waals surface area contributed by atoms with Crippen LogP contribution >= 0.6 is 27.5 Å². The van der Waals surface area contributed by atoms with Crippen LogP contribution in [0.25, 0.3) is 0 Å². The number of hydrogen-bond acceptors (Lipinski definition) is 3. The molecule has 0 saturated heterocycles. The van der Waals surface area contributed by atoms with Gasteiger partial charge in [0.1, 0.15) is 11.4 Å². The zero-order valence-corrected chi connectivity index (χ0v) is 12.5. The lowest BCUT2D eigenvalue weighted by atomic mass is 10.1. The van der Waals surface area contributed by atoms with Crippen molar-refractivity contribution in [1.82, 2.24) is 4.98 Å². The number of ether oxygens (including phenoxy) is 1. The summed E-state index contributed by atoms with van der Waals surface area (Å²) in [6.07, 6.45) is 1.76. The fourth-order valence-corrected chi connectivity index (χ4v) is 2.34. The van der Waals surface area contributed by atoms with Gasteiger partial charge in [-0.05, 0) is 45.8 Å². The van der Waals surface area contributed by atoms with Crippen LogP contribution in [0.15, 0.2) is 41.0 Å². The molecule has 2 aromatic rings. The van der Waals surface area contributed by atoms with Gasteiger partial charge in [-0.2, -0.15) is 0 Å². The Hall–Kier alpha value is -1.39. The minimum atomic E-state index is -0.0475. The van der Waals surface area contributed by atoms with E-state index in [4.69, 9.17) is 16.3 Å². The van der Waals surface area contributed by atoms with Crippen LogP contribution in [0.2, 0.25) is 5.02 Å². The first-order valence-electron chi connectivity index (χ1n) is 5.57. The SMILES string of the molecule is COc1ccc(CC(=O)c2ccc(Cl)cn2)cc1Br. The number of aromatic nitrogens is 1. The first kappa shape index (κ1) is 14.0.